The van der Waals surface area contributed by atoms with Crippen LogP contribution in [0.2, 0.25) is 0 Å². The van der Waals surface area contributed by atoms with E-state index in [-0.39, 0.29) is 11.1 Å². The number of nitrogens with two attached hydrogens (primary N) is 1. The molecule has 6 heteroatoms. The van der Waals surface area contributed by atoms with Crippen molar-refractivity contribution >= 4 is 33.0 Å². The zero-order valence-electron chi connectivity index (χ0n) is 11.5. The predicted molar refractivity (Wildman–Crippen MR) is 83.7 cm³/mol. The Hall–Kier alpha value is -1.14. The van der Waals surface area contributed by atoms with Gasteiger partial charge in [0.1, 0.15) is 17.4 Å². The third kappa shape index (κ3) is 3.49. The first-order chi connectivity index (χ1) is 9.27. The number of anilines is 1. The van der Waals surface area contributed by atoms with Crippen molar-refractivity contribution in [3.05, 3.63) is 38.5 Å². The van der Waals surface area contributed by atoms with Gasteiger partial charge in [0, 0.05) is 16.9 Å². The van der Waals surface area contributed by atoms with Gasteiger partial charge < -0.3 is 10.5 Å². The maximum atomic E-state index is 13.1. The van der Waals surface area contributed by atoms with Gasteiger partial charge in [-0.25, -0.2) is 9.37 Å². The van der Waals surface area contributed by atoms with Gasteiger partial charge in [-0.3, -0.25) is 0 Å². The molecule has 2 aromatic rings. The normalized spacial score (nSPS) is 11.7. The summed E-state index contributed by atoms with van der Waals surface area (Å²) >= 11 is 4.79. The molecule has 0 saturated carbocycles. The molecule has 1 heterocycles. The van der Waals surface area contributed by atoms with Crippen LogP contribution < -0.4 is 10.5 Å². The van der Waals surface area contributed by atoms with Gasteiger partial charge in [0.25, 0.3) is 0 Å². The molecule has 108 valence electrons. The highest BCUT2D eigenvalue weighted by molar-refractivity contribution is 9.10. The van der Waals surface area contributed by atoms with Crippen molar-refractivity contribution in [3.8, 4) is 5.75 Å². The minimum atomic E-state index is -0.397. The first-order valence-electron chi connectivity index (χ1n) is 6.09. The van der Waals surface area contributed by atoms with E-state index in [0.717, 1.165) is 10.7 Å². The average Bonchev–Trinajstić information content (AvgIpc) is 2.75. The summed E-state index contributed by atoms with van der Waals surface area (Å²) in [5.41, 5.74) is 7.07. The van der Waals surface area contributed by atoms with Crippen molar-refractivity contribution in [1.29, 1.82) is 0 Å². The van der Waals surface area contributed by atoms with E-state index in [2.05, 4.69) is 41.7 Å². The fourth-order valence-corrected chi connectivity index (χ4v) is 3.08. The maximum Gasteiger partial charge on any atom is 0.157 e. The van der Waals surface area contributed by atoms with Crippen LogP contribution in [-0.4, -0.2) is 4.98 Å². The average molecular weight is 359 g/mol. The zero-order valence-corrected chi connectivity index (χ0v) is 13.9. The first kappa shape index (κ1) is 15.3. The molecule has 20 heavy (non-hydrogen) atoms. The van der Waals surface area contributed by atoms with E-state index in [1.807, 2.05) is 5.38 Å². The number of rotatable bonds is 3. The van der Waals surface area contributed by atoms with Gasteiger partial charge >= 0.3 is 0 Å². The van der Waals surface area contributed by atoms with Crippen LogP contribution >= 0.6 is 27.3 Å². The summed E-state index contributed by atoms with van der Waals surface area (Å²) in [6.45, 7) is 6.65. The van der Waals surface area contributed by atoms with Gasteiger partial charge in [-0.1, -0.05) is 20.8 Å². The molecule has 1 aromatic heterocycles. The standard InChI is InChI=1S/C14H16BrFN2OS/c1-14(2,3)11-7-20-12(18-11)6-19-13-9(15)4-8(16)5-10(13)17/h4-5,7H,6,17H2,1-3H3. The van der Waals surface area contributed by atoms with E-state index < -0.39 is 5.82 Å². The number of aromatic nitrogens is 1. The van der Waals surface area contributed by atoms with Crippen LogP contribution in [0.1, 0.15) is 31.5 Å². The Bertz CT molecular complexity index is 599. The molecular formula is C14H16BrFN2OS. The van der Waals surface area contributed by atoms with Crippen LogP contribution in [0.3, 0.4) is 0 Å². The molecule has 0 amide bonds. The van der Waals surface area contributed by atoms with E-state index >= 15 is 0 Å². The molecule has 0 aliphatic carbocycles. The highest BCUT2D eigenvalue weighted by atomic mass is 79.9. The topological polar surface area (TPSA) is 48.1 Å². The molecule has 0 atom stereocenters. The molecule has 1 aromatic carbocycles. The molecular weight excluding hydrogens is 343 g/mol. The Morgan fingerprint density at radius 2 is 2.10 bits per heavy atom. The number of nitrogens with zero attached hydrogens (tertiary/aromatic N) is 1. The van der Waals surface area contributed by atoms with Crippen LogP contribution in [0.25, 0.3) is 0 Å². The first-order valence-corrected chi connectivity index (χ1v) is 7.77. The monoisotopic (exact) mass is 358 g/mol. The van der Waals surface area contributed by atoms with Crippen LogP contribution in [0.4, 0.5) is 10.1 Å². The number of thiazole rings is 1. The summed E-state index contributed by atoms with van der Waals surface area (Å²) in [5.74, 6) is 0.0462. The smallest absolute Gasteiger partial charge is 0.157 e. The molecule has 3 nitrogen and oxygen atoms in total. The summed E-state index contributed by atoms with van der Waals surface area (Å²) < 4.78 is 19.3. The van der Waals surface area contributed by atoms with E-state index in [1.54, 1.807) is 11.3 Å². The third-order valence-corrected chi connectivity index (χ3v) is 4.11. The van der Waals surface area contributed by atoms with Crippen LogP contribution in [0.15, 0.2) is 22.0 Å². The Kier molecular flexibility index (Phi) is 4.34. The maximum absolute atomic E-state index is 13.1. The van der Waals surface area contributed by atoms with Crippen molar-refractivity contribution < 1.29 is 9.13 Å². The Morgan fingerprint density at radius 3 is 2.65 bits per heavy atom. The summed E-state index contributed by atoms with van der Waals surface area (Å²) in [5, 5.41) is 2.90. The van der Waals surface area contributed by atoms with Gasteiger partial charge in [0.15, 0.2) is 5.75 Å². The summed E-state index contributed by atoms with van der Waals surface area (Å²) in [7, 11) is 0. The van der Waals surface area contributed by atoms with Crippen molar-refractivity contribution in [1.82, 2.24) is 4.98 Å². The highest BCUT2D eigenvalue weighted by Crippen LogP contribution is 2.33. The number of hydrogen-bond acceptors (Lipinski definition) is 4. The van der Waals surface area contributed by atoms with Crippen molar-refractivity contribution in [2.75, 3.05) is 5.73 Å². The highest BCUT2D eigenvalue weighted by Gasteiger charge is 2.18. The number of ether oxygens (including phenoxy) is 1. The molecule has 0 bridgehead atoms. The quantitative estimate of drug-likeness (QED) is 0.821. The van der Waals surface area contributed by atoms with E-state index in [9.17, 15) is 4.39 Å². The Morgan fingerprint density at radius 1 is 1.40 bits per heavy atom. The largest absolute Gasteiger partial charge is 0.483 e. The molecule has 2 N–H and O–H groups in total. The Balaban J connectivity index is 2.12. The van der Waals surface area contributed by atoms with E-state index in [1.165, 1.54) is 12.1 Å². The number of nitrogen functional groups attached to an aromatic ring is 1. The van der Waals surface area contributed by atoms with Gasteiger partial charge in [-0.15, -0.1) is 11.3 Å². The number of benzene rings is 1. The second-order valence-electron chi connectivity index (χ2n) is 5.47. The molecule has 0 aliphatic rings. The molecule has 0 aliphatic heterocycles. The predicted octanol–water partition coefficient (Wildman–Crippen LogP) is 4.50. The van der Waals surface area contributed by atoms with E-state index in [0.29, 0.717) is 16.8 Å². The van der Waals surface area contributed by atoms with Gasteiger partial charge in [0.2, 0.25) is 0 Å². The Labute approximate surface area is 130 Å². The summed E-state index contributed by atoms with van der Waals surface area (Å²) in [6.07, 6.45) is 0. The fourth-order valence-electron chi connectivity index (χ4n) is 1.59. The summed E-state index contributed by atoms with van der Waals surface area (Å²) in [4.78, 5) is 4.54. The summed E-state index contributed by atoms with van der Waals surface area (Å²) in [6, 6.07) is 2.57. The lowest BCUT2D eigenvalue weighted by Crippen LogP contribution is -2.11. The zero-order chi connectivity index (χ0) is 14.9. The molecule has 0 saturated heterocycles. The second kappa shape index (κ2) is 5.69. The number of halogens is 2. The lowest BCUT2D eigenvalue weighted by atomic mass is 9.93. The molecule has 0 radical (unpaired) electrons. The van der Waals surface area contributed by atoms with Crippen molar-refractivity contribution in [2.45, 2.75) is 32.8 Å². The van der Waals surface area contributed by atoms with Crippen LogP contribution in [0.5, 0.6) is 5.75 Å². The lowest BCUT2D eigenvalue weighted by Gasteiger charge is -2.14. The van der Waals surface area contributed by atoms with Crippen molar-refractivity contribution in [2.24, 2.45) is 0 Å². The SMILES string of the molecule is CC(C)(C)c1csc(COc2c(N)cc(F)cc2Br)n1. The third-order valence-electron chi connectivity index (χ3n) is 2.70. The van der Waals surface area contributed by atoms with E-state index in [4.69, 9.17) is 10.5 Å². The van der Waals surface area contributed by atoms with Crippen LogP contribution in [-0.2, 0) is 12.0 Å². The number of hydrogen-bond donors (Lipinski definition) is 1. The van der Waals surface area contributed by atoms with Gasteiger partial charge in [0.05, 0.1) is 15.9 Å². The molecule has 0 unspecified atom stereocenters. The van der Waals surface area contributed by atoms with Crippen molar-refractivity contribution in [3.63, 3.8) is 0 Å². The molecule has 2 rings (SSSR count). The second-order valence-corrected chi connectivity index (χ2v) is 7.27. The minimum Gasteiger partial charge on any atom is -0.483 e. The lowest BCUT2D eigenvalue weighted by molar-refractivity contribution is 0.304. The minimum absolute atomic E-state index is 0.0181. The van der Waals surface area contributed by atoms with Crippen LogP contribution in [0, 0.1) is 5.82 Å². The molecule has 0 spiro atoms. The van der Waals surface area contributed by atoms with Gasteiger partial charge in [-0.2, -0.15) is 0 Å². The fraction of sp³-hybridized carbons (Fsp3) is 0.357. The van der Waals surface area contributed by atoms with Gasteiger partial charge in [-0.05, 0) is 22.0 Å². The molecule has 0 fully saturated rings.